The van der Waals surface area contributed by atoms with E-state index in [0.717, 1.165) is 22.9 Å². The van der Waals surface area contributed by atoms with Crippen molar-refractivity contribution in [2.45, 2.75) is 12.8 Å². The van der Waals surface area contributed by atoms with Gasteiger partial charge in [0.2, 0.25) is 0 Å². The van der Waals surface area contributed by atoms with Crippen molar-refractivity contribution >= 4 is 15.9 Å². The molecule has 0 heterocycles. The summed E-state index contributed by atoms with van der Waals surface area (Å²) in [5, 5.41) is 8.54. The molecule has 0 aliphatic carbocycles. The summed E-state index contributed by atoms with van der Waals surface area (Å²) < 4.78 is 1.02. The molecule has 0 aromatic heterocycles. The zero-order valence-corrected chi connectivity index (χ0v) is 8.84. The van der Waals surface area contributed by atoms with Gasteiger partial charge in [-0.1, -0.05) is 24.0 Å². The van der Waals surface area contributed by atoms with Crippen LogP contribution in [0.2, 0.25) is 0 Å². The van der Waals surface area contributed by atoms with Gasteiger partial charge in [0.1, 0.15) is 0 Å². The van der Waals surface area contributed by atoms with E-state index in [4.69, 9.17) is 5.11 Å². The molecule has 1 N–H and O–H groups in total. The van der Waals surface area contributed by atoms with Crippen molar-refractivity contribution in [3.8, 4) is 11.8 Å². The SMILES string of the molecule is OCCCC#Cc1ccccc1Br. The standard InChI is InChI=1S/C11H11BrO/c12-11-8-4-3-7-10(11)6-2-1-5-9-13/h3-4,7-8,13H,1,5,9H2. The molecule has 0 aliphatic heterocycles. The molecular formula is C11H11BrO. The Balaban J connectivity index is 2.61. The van der Waals surface area contributed by atoms with Gasteiger partial charge in [0.25, 0.3) is 0 Å². The minimum atomic E-state index is 0.213. The summed E-state index contributed by atoms with van der Waals surface area (Å²) in [6, 6.07) is 7.86. The summed E-state index contributed by atoms with van der Waals surface area (Å²) in [6.45, 7) is 0.213. The van der Waals surface area contributed by atoms with E-state index in [1.807, 2.05) is 24.3 Å². The summed E-state index contributed by atoms with van der Waals surface area (Å²) >= 11 is 3.41. The minimum absolute atomic E-state index is 0.213. The molecule has 0 unspecified atom stereocenters. The summed E-state index contributed by atoms with van der Waals surface area (Å²) in [5.74, 6) is 6.04. The number of halogens is 1. The number of rotatable bonds is 2. The van der Waals surface area contributed by atoms with Crippen LogP contribution in [-0.4, -0.2) is 11.7 Å². The summed E-state index contributed by atoms with van der Waals surface area (Å²) in [5.41, 5.74) is 1.00. The Kier molecular flexibility index (Phi) is 4.59. The smallest absolute Gasteiger partial charge is 0.0440 e. The van der Waals surface area contributed by atoms with Gasteiger partial charge in [-0.2, -0.15) is 0 Å². The first-order valence-electron chi connectivity index (χ1n) is 4.19. The van der Waals surface area contributed by atoms with Crippen molar-refractivity contribution in [1.29, 1.82) is 0 Å². The average Bonchev–Trinajstić information content (AvgIpc) is 2.15. The highest BCUT2D eigenvalue weighted by Gasteiger charge is 1.91. The highest BCUT2D eigenvalue weighted by atomic mass is 79.9. The number of aliphatic hydroxyl groups is 1. The van der Waals surface area contributed by atoms with Gasteiger partial charge in [0.15, 0.2) is 0 Å². The highest BCUT2D eigenvalue weighted by molar-refractivity contribution is 9.10. The third-order valence-corrected chi connectivity index (χ3v) is 2.25. The maximum Gasteiger partial charge on any atom is 0.0440 e. The molecule has 68 valence electrons. The molecule has 0 amide bonds. The van der Waals surface area contributed by atoms with E-state index >= 15 is 0 Å². The van der Waals surface area contributed by atoms with E-state index in [0.29, 0.717) is 0 Å². The molecule has 1 rings (SSSR count). The van der Waals surface area contributed by atoms with Gasteiger partial charge < -0.3 is 5.11 Å². The van der Waals surface area contributed by atoms with Gasteiger partial charge in [0.05, 0.1) is 0 Å². The van der Waals surface area contributed by atoms with Crippen molar-refractivity contribution in [3.63, 3.8) is 0 Å². The largest absolute Gasteiger partial charge is 0.396 e. The van der Waals surface area contributed by atoms with E-state index < -0.39 is 0 Å². The third-order valence-electron chi connectivity index (χ3n) is 1.56. The minimum Gasteiger partial charge on any atom is -0.396 e. The number of hydrogen-bond acceptors (Lipinski definition) is 1. The Morgan fingerprint density at radius 2 is 2.08 bits per heavy atom. The van der Waals surface area contributed by atoms with Gasteiger partial charge in [-0.15, -0.1) is 0 Å². The van der Waals surface area contributed by atoms with Crippen LogP contribution in [0.4, 0.5) is 0 Å². The second kappa shape index (κ2) is 5.80. The van der Waals surface area contributed by atoms with Gasteiger partial charge in [-0.3, -0.25) is 0 Å². The van der Waals surface area contributed by atoms with E-state index in [2.05, 4.69) is 27.8 Å². The molecule has 0 aliphatic rings. The van der Waals surface area contributed by atoms with Crippen LogP contribution < -0.4 is 0 Å². The van der Waals surface area contributed by atoms with Crippen molar-refractivity contribution in [2.24, 2.45) is 0 Å². The molecule has 13 heavy (non-hydrogen) atoms. The Bertz CT molecular complexity index is 322. The van der Waals surface area contributed by atoms with Crippen LogP contribution in [0.5, 0.6) is 0 Å². The Morgan fingerprint density at radius 1 is 1.31 bits per heavy atom. The Labute approximate surface area is 86.9 Å². The first-order chi connectivity index (χ1) is 6.34. The predicted molar refractivity (Wildman–Crippen MR) is 57.3 cm³/mol. The Hall–Kier alpha value is -0.780. The highest BCUT2D eigenvalue weighted by Crippen LogP contribution is 2.14. The first-order valence-corrected chi connectivity index (χ1v) is 4.98. The number of aliphatic hydroxyl groups excluding tert-OH is 1. The summed E-state index contributed by atoms with van der Waals surface area (Å²) in [6.07, 6.45) is 1.50. The van der Waals surface area contributed by atoms with E-state index in [9.17, 15) is 0 Å². The number of unbranched alkanes of at least 4 members (excludes halogenated alkanes) is 1. The molecule has 0 saturated heterocycles. The maximum absolute atomic E-state index is 8.54. The molecule has 0 atom stereocenters. The number of benzene rings is 1. The van der Waals surface area contributed by atoms with Gasteiger partial charge >= 0.3 is 0 Å². The molecule has 1 aromatic carbocycles. The van der Waals surface area contributed by atoms with Crippen molar-refractivity contribution < 1.29 is 5.11 Å². The monoisotopic (exact) mass is 238 g/mol. The molecule has 1 aromatic rings. The third kappa shape index (κ3) is 3.63. The molecule has 1 nitrogen and oxygen atoms in total. The van der Waals surface area contributed by atoms with Crippen LogP contribution in [0.25, 0.3) is 0 Å². The van der Waals surface area contributed by atoms with E-state index in [1.54, 1.807) is 0 Å². The topological polar surface area (TPSA) is 20.2 Å². The lowest BCUT2D eigenvalue weighted by atomic mass is 10.2. The van der Waals surface area contributed by atoms with Crippen LogP contribution in [0.15, 0.2) is 28.7 Å². The fraction of sp³-hybridized carbons (Fsp3) is 0.273. The normalized spacial score (nSPS) is 9.08. The second-order valence-corrected chi connectivity index (χ2v) is 3.46. The molecule has 0 spiro atoms. The van der Waals surface area contributed by atoms with Crippen molar-refractivity contribution in [2.75, 3.05) is 6.61 Å². The van der Waals surface area contributed by atoms with Crippen molar-refractivity contribution in [1.82, 2.24) is 0 Å². The fourth-order valence-electron chi connectivity index (χ4n) is 0.888. The van der Waals surface area contributed by atoms with Crippen LogP contribution >= 0.6 is 15.9 Å². The molecule has 0 saturated carbocycles. The number of hydrogen-bond donors (Lipinski definition) is 1. The zero-order valence-electron chi connectivity index (χ0n) is 7.26. The predicted octanol–water partition coefficient (Wildman–Crippen LogP) is 2.57. The van der Waals surface area contributed by atoms with Gasteiger partial charge in [0, 0.05) is 23.1 Å². The summed E-state index contributed by atoms with van der Waals surface area (Å²) in [7, 11) is 0. The summed E-state index contributed by atoms with van der Waals surface area (Å²) in [4.78, 5) is 0. The molecule has 0 fully saturated rings. The van der Waals surface area contributed by atoms with Gasteiger partial charge in [-0.05, 0) is 34.5 Å². The van der Waals surface area contributed by atoms with Gasteiger partial charge in [-0.25, -0.2) is 0 Å². The Morgan fingerprint density at radius 3 is 2.77 bits per heavy atom. The van der Waals surface area contributed by atoms with Crippen LogP contribution in [0, 0.1) is 11.8 Å². The second-order valence-electron chi connectivity index (χ2n) is 2.61. The molecule has 2 heteroatoms. The van der Waals surface area contributed by atoms with E-state index in [-0.39, 0.29) is 6.61 Å². The van der Waals surface area contributed by atoms with Crippen LogP contribution in [0.1, 0.15) is 18.4 Å². The maximum atomic E-state index is 8.54. The zero-order chi connectivity index (χ0) is 9.52. The lowest BCUT2D eigenvalue weighted by Crippen LogP contribution is -1.80. The quantitative estimate of drug-likeness (QED) is 0.621. The van der Waals surface area contributed by atoms with Crippen LogP contribution in [0.3, 0.4) is 0 Å². The molecular weight excluding hydrogens is 228 g/mol. The van der Waals surface area contributed by atoms with Crippen molar-refractivity contribution in [3.05, 3.63) is 34.3 Å². The lowest BCUT2D eigenvalue weighted by molar-refractivity contribution is 0.290. The molecule has 0 bridgehead atoms. The molecule has 0 radical (unpaired) electrons. The van der Waals surface area contributed by atoms with Crippen LogP contribution in [-0.2, 0) is 0 Å². The lowest BCUT2D eigenvalue weighted by Gasteiger charge is -1.92. The average molecular weight is 239 g/mol. The van der Waals surface area contributed by atoms with E-state index in [1.165, 1.54) is 0 Å². The fourth-order valence-corrected chi connectivity index (χ4v) is 1.27. The first kappa shape index (κ1) is 10.3.